The van der Waals surface area contributed by atoms with Gasteiger partial charge in [-0.1, -0.05) is 43.3 Å². The van der Waals surface area contributed by atoms with Gasteiger partial charge in [-0.3, -0.25) is 14.3 Å². The van der Waals surface area contributed by atoms with Crippen molar-refractivity contribution < 1.29 is 19.2 Å². The van der Waals surface area contributed by atoms with Gasteiger partial charge in [-0.05, 0) is 56.0 Å². The van der Waals surface area contributed by atoms with E-state index in [9.17, 15) is 14.7 Å². The van der Waals surface area contributed by atoms with Crippen LogP contribution in [0.5, 0.6) is 0 Å². The fraction of sp³-hybridized carbons (Fsp3) is 0.562. The van der Waals surface area contributed by atoms with Gasteiger partial charge in [0.15, 0.2) is 11.6 Å². The molecular formula is C32H43N7O4. The number of hydrogen-bond acceptors (Lipinski definition) is 8. The molecule has 1 aromatic carbocycles. The van der Waals surface area contributed by atoms with E-state index in [2.05, 4.69) is 25.8 Å². The van der Waals surface area contributed by atoms with Gasteiger partial charge in [0.1, 0.15) is 12.0 Å². The number of aryl methyl sites for hydroxylation is 1. The number of nitrogens with zero attached hydrogens (tertiary/aromatic N) is 5. The van der Waals surface area contributed by atoms with E-state index in [1.807, 2.05) is 68.9 Å². The van der Waals surface area contributed by atoms with E-state index in [1.165, 1.54) is 4.90 Å². The summed E-state index contributed by atoms with van der Waals surface area (Å²) in [5, 5.41) is 25.6. The standard InChI is InChI=1S/C32H43N7O4/c1-20(2)29(27-16-28(36-43-27)38-18-32(19-38)10-13-33-14-11-32)31(42)39-17-24(40)15-26(39)30(41)35-21(3)22-5-7-23(8-6-22)25-9-12-34-37(25)4/h5-9,12,16,20-21,24,26,29,33,40H,10-11,13-15,17-19H2,1-4H3,(H,35,41)/t21-,24+,26-,29+/m0/s1. The van der Waals surface area contributed by atoms with Crippen LogP contribution in [-0.2, 0) is 16.6 Å². The number of carbonyl (C=O) groups excluding carboxylic acids is 2. The number of nitrogens with one attached hydrogen (secondary N) is 2. The molecule has 1 spiro atoms. The maximum absolute atomic E-state index is 14.0. The summed E-state index contributed by atoms with van der Waals surface area (Å²) in [6, 6.07) is 10.8. The number of aliphatic hydroxyl groups is 1. The summed E-state index contributed by atoms with van der Waals surface area (Å²) in [6.07, 6.45) is 3.51. The molecule has 3 fully saturated rings. The normalized spacial score (nSPS) is 22.9. The first kappa shape index (κ1) is 29.4. The van der Waals surface area contributed by atoms with Crippen LogP contribution in [0, 0.1) is 11.3 Å². The lowest BCUT2D eigenvalue weighted by molar-refractivity contribution is -0.141. The zero-order valence-electron chi connectivity index (χ0n) is 25.5. The van der Waals surface area contributed by atoms with Crippen molar-refractivity contribution >= 4 is 17.6 Å². The molecular weight excluding hydrogens is 546 g/mol. The second-order valence-electron chi connectivity index (χ2n) is 13.0. The summed E-state index contributed by atoms with van der Waals surface area (Å²) >= 11 is 0. The second kappa shape index (κ2) is 11.8. The number of aromatic nitrogens is 3. The Kier molecular flexibility index (Phi) is 8.04. The van der Waals surface area contributed by atoms with E-state index in [0.29, 0.717) is 11.2 Å². The average Bonchev–Trinajstić information content (AvgIpc) is 3.72. The average molecular weight is 590 g/mol. The molecule has 3 saturated heterocycles. The quantitative estimate of drug-likeness (QED) is 0.366. The minimum absolute atomic E-state index is 0.0845. The second-order valence-corrected chi connectivity index (χ2v) is 13.0. The third-order valence-electron chi connectivity index (χ3n) is 9.55. The molecule has 6 rings (SSSR count). The molecule has 3 N–H and O–H groups in total. The van der Waals surface area contributed by atoms with Crippen molar-refractivity contribution in [3.63, 3.8) is 0 Å². The summed E-state index contributed by atoms with van der Waals surface area (Å²) in [5.41, 5.74) is 3.34. The Bertz CT molecular complexity index is 1430. The minimum Gasteiger partial charge on any atom is -0.391 e. The number of rotatable bonds is 8. The van der Waals surface area contributed by atoms with E-state index < -0.39 is 18.1 Å². The lowest BCUT2D eigenvalue weighted by Gasteiger charge is -2.52. The third kappa shape index (κ3) is 5.80. The Balaban J connectivity index is 1.12. The highest BCUT2D eigenvalue weighted by Crippen LogP contribution is 2.42. The summed E-state index contributed by atoms with van der Waals surface area (Å²) in [6.45, 7) is 9.97. The number of carbonyl (C=O) groups is 2. The molecule has 3 aliphatic heterocycles. The molecule has 0 aliphatic carbocycles. The van der Waals surface area contributed by atoms with Gasteiger partial charge in [-0.25, -0.2) is 0 Å². The highest BCUT2D eigenvalue weighted by molar-refractivity contribution is 5.91. The smallest absolute Gasteiger partial charge is 0.243 e. The van der Waals surface area contributed by atoms with Crippen LogP contribution in [0.25, 0.3) is 11.3 Å². The summed E-state index contributed by atoms with van der Waals surface area (Å²) in [7, 11) is 1.90. The number of anilines is 1. The molecule has 11 nitrogen and oxygen atoms in total. The lowest BCUT2D eigenvalue weighted by Crippen LogP contribution is -2.60. The molecule has 3 aromatic rings. The maximum Gasteiger partial charge on any atom is 0.243 e. The van der Waals surface area contributed by atoms with E-state index in [1.54, 1.807) is 6.20 Å². The Morgan fingerprint density at radius 1 is 1.12 bits per heavy atom. The predicted molar refractivity (Wildman–Crippen MR) is 162 cm³/mol. The van der Waals surface area contributed by atoms with Gasteiger partial charge in [0.2, 0.25) is 11.8 Å². The van der Waals surface area contributed by atoms with Crippen LogP contribution in [-0.4, -0.2) is 81.6 Å². The molecule has 0 radical (unpaired) electrons. The number of likely N-dealkylation sites (tertiary alicyclic amines) is 1. The Morgan fingerprint density at radius 2 is 1.84 bits per heavy atom. The molecule has 230 valence electrons. The molecule has 43 heavy (non-hydrogen) atoms. The highest BCUT2D eigenvalue weighted by Gasteiger charge is 2.46. The first-order chi connectivity index (χ1) is 20.6. The van der Waals surface area contributed by atoms with Gasteiger partial charge in [-0.2, -0.15) is 5.10 Å². The zero-order chi connectivity index (χ0) is 30.3. The number of amides is 2. The Hall–Kier alpha value is -3.70. The fourth-order valence-electron chi connectivity index (χ4n) is 6.99. The fourth-order valence-corrected chi connectivity index (χ4v) is 6.99. The molecule has 0 saturated carbocycles. The third-order valence-corrected chi connectivity index (χ3v) is 9.55. The molecule has 2 amide bonds. The van der Waals surface area contributed by atoms with Crippen LogP contribution in [0.3, 0.4) is 0 Å². The van der Waals surface area contributed by atoms with Crippen molar-refractivity contribution in [2.45, 2.75) is 64.1 Å². The van der Waals surface area contributed by atoms with Crippen molar-refractivity contribution in [2.24, 2.45) is 18.4 Å². The molecule has 4 atom stereocenters. The number of piperidine rings is 1. The molecule has 11 heteroatoms. The van der Waals surface area contributed by atoms with Gasteiger partial charge in [0.05, 0.1) is 17.8 Å². The van der Waals surface area contributed by atoms with Gasteiger partial charge < -0.3 is 30.1 Å². The zero-order valence-corrected chi connectivity index (χ0v) is 25.5. The Morgan fingerprint density at radius 3 is 2.49 bits per heavy atom. The van der Waals surface area contributed by atoms with Crippen LogP contribution in [0.2, 0.25) is 0 Å². The molecule has 0 unspecified atom stereocenters. The lowest BCUT2D eigenvalue weighted by atomic mass is 9.72. The molecule has 2 aromatic heterocycles. The van der Waals surface area contributed by atoms with Crippen molar-refractivity contribution in [1.82, 2.24) is 30.5 Å². The van der Waals surface area contributed by atoms with Crippen molar-refractivity contribution in [2.75, 3.05) is 37.6 Å². The first-order valence-electron chi connectivity index (χ1n) is 15.4. The SMILES string of the molecule is CC(C)[C@@H](C(=O)N1C[C@H](O)C[C@H]1C(=O)N[C@@H](C)c1ccc(-c2ccnn2C)cc1)c1cc(N2CC3(CCNCC3)C2)no1. The predicted octanol–water partition coefficient (Wildman–Crippen LogP) is 2.84. The van der Waals surface area contributed by atoms with E-state index in [4.69, 9.17) is 4.52 Å². The van der Waals surface area contributed by atoms with E-state index in [-0.39, 0.29) is 36.7 Å². The van der Waals surface area contributed by atoms with Crippen LogP contribution in [0.4, 0.5) is 5.82 Å². The van der Waals surface area contributed by atoms with E-state index in [0.717, 1.165) is 61.7 Å². The van der Waals surface area contributed by atoms with Gasteiger partial charge >= 0.3 is 0 Å². The van der Waals surface area contributed by atoms with Crippen molar-refractivity contribution in [1.29, 1.82) is 0 Å². The van der Waals surface area contributed by atoms with Crippen LogP contribution in [0.15, 0.2) is 47.1 Å². The number of hydrogen-bond donors (Lipinski definition) is 3. The largest absolute Gasteiger partial charge is 0.391 e. The van der Waals surface area contributed by atoms with Crippen LogP contribution in [0.1, 0.15) is 63.3 Å². The van der Waals surface area contributed by atoms with E-state index >= 15 is 0 Å². The number of β-amino-alcohol motifs (C(OH)–C–C–N with tert-alkyl or cyclic N) is 1. The number of aliphatic hydroxyl groups excluding tert-OH is 1. The van der Waals surface area contributed by atoms with Crippen LogP contribution >= 0.6 is 0 Å². The Labute approximate surface area is 252 Å². The summed E-state index contributed by atoms with van der Waals surface area (Å²) in [5.74, 6) is 0.0785. The summed E-state index contributed by atoms with van der Waals surface area (Å²) < 4.78 is 7.59. The summed E-state index contributed by atoms with van der Waals surface area (Å²) in [4.78, 5) is 31.3. The maximum atomic E-state index is 14.0. The van der Waals surface area contributed by atoms with Gasteiger partial charge in [0.25, 0.3) is 0 Å². The highest BCUT2D eigenvalue weighted by atomic mass is 16.5. The van der Waals surface area contributed by atoms with Gasteiger partial charge in [-0.15, -0.1) is 0 Å². The molecule has 3 aliphatic rings. The van der Waals surface area contributed by atoms with Crippen molar-refractivity contribution in [3.05, 3.63) is 53.9 Å². The monoisotopic (exact) mass is 589 g/mol. The van der Waals surface area contributed by atoms with Crippen molar-refractivity contribution in [3.8, 4) is 11.3 Å². The molecule has 5 heterocycles. The van der Waals surface area contributed by atoms with Crippen LogP contribution < -0.4 is 15.5 Å². The number of benzene rings is 1. The minimum atomic E-state index is -0.770. The first-order valence-corrected chi connectivity index (χ1v) is 15.4. The molecule has 0 bridgehead atoms. The topological polar surface area (TPSA) is 129 Å². The van der Waals surface area contributed by atoms with Gasteiger partial charge in [0, 0.05) is 50.8 Å².